The molecular weight excluding hydrogens is 319 g/mol. The molecule has 0 aromatic carbocycles. The molecule has 0 heterocycles. The summed E-state index contributed by atoms with van der Waals surface area (Å²) in [6.45, 7) is 0.657. The molecule has 0 spiro atoms. The summed E-state index contributed by atoms with van der Waals surface area (Å²) >= 11 is 0. The van der Waals surface area contributed by atoms with E-state index in [2.05, 4.69) is 0 Å². The minimum atomic E-state index is -4.47. The summed E-state index contributed by atoms with van der Waals surface area (Å²) in [6, 6.07) is 0. The molecule has 5 atom stereocenters. The van der Waals surface area contributed by atoms with Crippen molar-refractivity contribution in [1.29, 1.82) is 0 Å². The van der Waals surface area contributed by atoms with Crippen molar-refractivity contribution in [3.05, 3.63) is 23.5 Å². The summed E-state index contributed by atoms with van der Waals surface area (Å²) in [5.41, 5.74) is -1.94. The number of aliphatic hydroxyl groups is 2. The first-order valence-electron chi connectivity index (χ1n) is 8.65. The molecule has 2 saturated carbocycles. The summed E-state index contributed by atoms with van der Waals surface area (Å²) in [7, 11) is 3.85. The molecule has 3 aliphatic carbocycles. The van der Waals surface area contributed by atoms with E-state index >= 15 is 0 Å². The van der Waals surface area contributed by atoms with E-state index in [1.165, 1.54) is 6.08 Å². The van der Waals surface area contributed by atoms with Crippen LogP contribution in [0.4, 0.5) is 13.2 Å². The first-order chi connectivity index (χ1) is 11.1. The number of allylic oxidation sites excluding steroid dienone is 2. The lowest BCUT2D eigenvalue weighted by molar-refractivity contribution is -0.124. The normalized spacial score (nSPS) is 39.8. The van der Waals surface area contributed by atoms with Crippen molar-refractivity contribution in [2.75, 3.05) is 20.6 Å². The Morgan fingerprint density at radius 3 is 2.62 bits per heavy atom. The Kier molecular flexibility index (Phi) is 4.49. The lowest BCUT2D eigenvalue weighted by atomic mass is 9.61. The van der Waals surface area contributed by atoms with Crippen molar-refractivity contribution in [2.24, 2.45) is 23.7 Å². The molecule has 0 radical (unpaired) electrons. The summed E-state index contributed by atoms with van der Waals surface area (Å²) in [6.07, 6.45) is 1.17. The third kappa shape index (κ3) is 3.23. The summed E-state index contributed by atoms with van der Waals surface area (Å²) in [4.78, 5) is 2.00. The monoisotopic (exact) mass is 345 g/mol. The van der Waals surface area contributed by atoms with E-state index < -0.39 is 23.3 Å². The zero-order valence-corrected chi connectivity index (χ0v) is 14.2. The number of hydrogen-bond acceptors (Lipinski definition) is 3. The van der Waals surface area contributed by atoms with Crippen LogP contribution < -0.4 is 0 Å². The maximum absolute atomic E-state index is 13.2. The maximum Gasteiger partial charge on any atom is 0.412 e. The average molecular weight is 345 g/mol. The van der Waals surface area contributed by atoms with Gasteiger partial charge in [-0.25, -0.2) is 0 Å². The number of halogens is 3. The largest absolute Gasteiger partial charge is 0.508 e. The molecule has 136 valence electrons. The maximum atomic E-state index is 13.2. The van der Waals surface area contributed by atoms with Crippen LogP contribution in [0.15, 0.2) is 23.5 Å². The lowest BCUT2D eigenvalue weighted by Crippen LogP contribution is -2.54. The van der Waals surface area contributed by atoms with Gasteiger partial charge in [0, 0.05) is 24.0 Å². The third-order valence-electron chi connectivity index (χ3n) is 6.11. The first kappa shape index (κ1) is 17.8. The van der Waals surface area contributed by atoms with Crippen LogP contribution in [0.25, 0.3) is 0 Å². The molecule has 24 heavy (non-hydrogen) atoms. The molecular formula is C18H26F3NO2. The molecule has 0 aliphatic heterocycles. The van der Waals surface area contributed by atoms with Gasteiger partial charge >= 0.3 is 6.18 Å². The van der Waals surface area contributed by atoms with E-state index in [9.17, 15) is 23.4 Å². The molecule has 2 bridgehead atoms. The van der Waals surface area contributed by atoms with Crippen LogP contribution in [-0.2, 0) is 0 Å². The van der Waals surface area contributed by atoms with Crippen molar-refractivity contribution in [3.63, 3.8) is 0 Å². The van der Waals surface area contributed by atoms with Gasteiger partial charge in [-0.2, -0.15) is 13.2 Å². The van der Waals surface area contributed by atoms with Crippen molar-refractivity contribution >= 4 is 0 Å². The van der Waals surface area contributed by atoms with Crippen LogP contribution in [0.2, 0.25) is 0 Å². The Bertz CT molecular complexity index is 555. The standard InChI is InChI=1S/C18H26F3NO2/c1-22(2)10-16-12-4-3-11(5-12)9-17(16,24)13-6-14(18(19,20)21)8-15(23)7-13/h7-8,11-13,16,23-24H,3-6,9-10H2,1-2H3/t11-,12+,13?,16-,17-/m0/s1. The van der Waals surface area contributed by atoms with Crippen LogP contribution in [0, 0.1) is 23.7 Å². The molecule has 0 aromatic rings. The molecule has 0 saturated heterocycles. The van der Waals surface area contributed by atoms with Crippen LogP contribution in [0.1, 0.15) is 32.1 Å². The number of nitrogens with zero attached hydrogens (tertiary/aromatic N) is 1. The second-order valence-corrected chi connectivity index (χ2v) is 8.07. The van der Waals surface area contributed by atoms with Gasteiger partial charge in [0.05, 0.1) is 5.60 Å². The molecule has 6 heteroatoms. The fourth-order valence-electron chi connectivity index (χ4n) is 5.12. The van der Waals surface area contributed by atoms with Crippen molar-refractivity contribution < 1.29 is 23.4 Å². The highest BCUT2D eigenvalue weighted by Crippen LogP contribution is 2.55. The predicted molar refractivity (Wildman–Crippen MR) is 85.4 cm³/mol. The number of rotatable bonds is 3. The summed E-state index contributed by atoms with van der Waals surface area (Å²) < 4.78 is 39.5. The number of aliphatic hydroxyl groups excluding tert-OH is 1. The molecule has 2 N–H and O–H groups in total. The Labute approximate surface area is 140 Å². The highest BCUT2D eigenvalue weighted by atomic mass is 19.4. The van der Waals surface area contributed by atoms with E-state index in [0.29, 0.717) is 24.8 Å². The van der Waals surface area contributed by atoms with E-state index in [1.54, 1.807) is 0 Å². The predicted octanol–water partition coefficient (Wildman–Crippen LogP) is 3.67. The molecule has 3 nitrogen and oxygen atoms in total. The smallest absolute Gasteiger partial charge is 0.412 e. The molecule has 0 aromatic heterocycles. The fourth-order valence-corrected chi connectivity index (χ4v) is 5.12. The van der Waals surface area contributed by atoms with Gasteiger partial charge in [-0.15, -0.1) is 0 Å². The van der Waals surface area contributed by atoms with E-state index in [4.69, 9.17) is 0 Å². The van der Waals surface area contributed by atoms with Crippen molar-refractivity contribution in [1.82, 2.24) is 4.90 Å². The van der Waals surface area contributed by atoms with Crippen molar-refractivity contribution in [2.45, 2.75) is 43.9 Å². The average Bonchev–Trinajstić information content (AvgIpc) is 2.85. The minimum absolute atomic E-state index is 0.0621. The van der Waals surface area contributed by atoms with Gasteiger partial charge in [-0.3, -0.25) is 0 Å². The Morgan fingerprint density at radius 2 is 2.00 bits per heavy atom. The fraction of sp³-hybridized carbons (Fsp3) is 0.778. The Hall–Kier alpha value is -1.01. The van der Waals surface area contributed by atoms with Gasteiger partial charge in [0.15, 0.2) is 0 Å². The molecule has 3 rings (SSSR count). The van der Waals surface area contributed by atoms with Crippen LogP contribution in [0.3, 0.4) is 0 Å². The van der Waals surface area contributed by atoms with E-state index in [1.807, 2.05) is 19.0 Å². The Balaban J connectivity index is 1.92. The third-order valence-corrected chi connectivity index (χ3v) is 6.11. The summed E-state index contributed by atoms with van der Waals surface area (Å²) in [5.74, 6) is -0.394. The van der Waals surface area contributed by atoms with Gasteiger partial charge in [-0.1, -0.05) is 6.42 Å². The SMILES string of the molecule is CN(C)C[C@H]1[C@@H]2CC[C@@H](C2)C[C@]1(O)C1C=C(O)C=C(C(F)(F)F)C1. The highest BCUT2D eigenvalue weighted by molar-refractivity contribution is 5.30. The van der Waals surface area contributed by atoms with Crippen molar-refractivity contribution in [3.8, 4) is 0 Å². The van der Waals surface area contributed by atoms with E-state index in [-0.39, 0.29) is 18.1 Å². The molecule has 0 amide bonds. The topological polar surface area (TPSA) is 43.7 Å². The van der Waals surface area contributed by atoms with Gasteiger partial charge in [0.25, 0.3) is 0 Å². The first-order valence-corrected chi connectivity index (χ1v) is 8.65. The van der Waals surface area contributed by atoms with Crippen LogP contribution >= 0.6 is 0 Å². The molecule has 3 aliphatic rings. The van der Waals surface area contributed by atoms with Crippen LogP contribution in [0.5, 0.6) is 0 Å². The zero-order valence-electron chi connectivity index (χ0n) is 14.2. The van der Waals surface area contributed by atoms with Crippen LogP contribution in [-0.4, -0.2) is 47.5 Å². The number of fused-ring (bicyclic) bond motifs is 2. The molecule has 2 fully saturated rings. The molecule has 1 unspecified atom stereocenters. The quantitative estimate of drug-likeness (QED) is 0.820. The summed E-state index contributed by atoms with van der Waals surface area (Å²) in [5, 5.41) is 21.3. The van der Waals surface area contributed by atoms with Gasteiger partial charge in [0.1, 0.15) is 5.76 Å². The minimum Gasteiger partial charge on any atom is -0.508 e. The van der Waals surface area contributed by atoms with Gasteiger partial charge in [0.2, 0.25) is 0 Å². The highest BCUT2D eigenvalue weighted by Gasteiger charge is 2.55. The van der Waals surface area contributed by atoms with E-state index in [0.717, 1.165) is 25.3 Å². The van der Waals surface area contributed by atoms with Gasteiger partial charge < -0.3 is 15.1 Å². The van der Waals surface area contributed by atoms with Gasteiger partial charge in [-0.05, 0) is 63.8 Å². The zero-order chi connectivity index (χ0) is 17.7. The Morgan fingerprint density at radius 1 is 1.29 bits per heavy atom. The number of alkyl halides is 3. The second kappa shape index (κ2) is 6.06. The number of hydrogen-bond donors (Lipinski definition) is 2. The second-order valence-electron chi connectivity index (χ2n) is 8.07. The lowest BCUT2D eigenvalue weighted by Gasteiger charge is -2.49.